The highest BCUT2D eigenvalue weighted by atomic mass is 16.5. The first-order chi connectivity index (χ1) is 8.63. The van der Waals surface area contributed by atoms with Gasteiger partial charge in [0.2, 0.25) is 0 Å². The van der Waals surface area contributed by atoms with E-state index in [2.05, 4.69) is 4.98 Å². The van der Waals surface area contributed by atoms with Gasteiger partial charge in [0, 0.05) is 17.1 Å². The van der Waals surface area contributed by atoms with Crippen LogP contribution in [0.25, 0.3) is 10.9 Å². The Hall–Kier alpha value is -2.10. The molecule has 0 aliphatic rings. The Labute approximate surface area is 106 Å². The second-order valence-corrected chi connectivity index (χ2v) is 4.06. The molecule has 0 radical (unpaired) electrons. The number of methoxy groups -OCH3 is 2. The van der Waals surface area contributed by atoms with Crippen molar-refractivity contribution in [3.8, 4) is 5.75 Å². The molecule has 0 aliphatic heterocycles. The molecule has 94 valence electrons. The summed E-state index contributed by atoms with van der Waals surface area (Å²) in [5, 5.41) is 0.951. The van der Waals surface area contributed by atoms with E-state index in [0.29, 0.717) is 0 Å². The standard InChI is InChI=1S/C14H15NO3/c1-9-6-10(7-14(16)18-3)12-5-4-11(17-2)8-13(12)15-9/h4-6,8H,7H2,1-3H3. The largest absolute Gasteiger partial charge is 0.497 e. The van der Waals surface area contributed by atoms with Gasteiger partial charge in [0.1, 0.15) is 5.75 Å². The van der Waals surface area contributed by atoms with Gasteiger partial charge in [-0.15, -0.1) is 0 Å². The Kier molecular flexibility index (Phi) is 3.46. The molecule has 2 aromatic rings. The minimum absolute atomic E-state index is 0.252. The number of aromatic nitrogens is 1. The maximum atomic E-state index is 11.4. The molecule has 18 heavy (non-hydrogen) atoms. The number of hydrogen-bond acceptors (Lipinski definition) is 4. The highest BCUT2D eigenvalue weighted by molar-refractivity contribution is 5.87. The van der Waals surface area contributed by atoms with Crippen LogP contribution in [0.2, 0.25) is 0 Å². The van der Waals surface area contributed by atoms with Crippen LogP contribution >= 0.6 is 0 Å². The maximum Gasteiger partial charge on any atom is 0.310 e. The lowest BCUT2D eigenvalue weighted by Gasteiger charge is -2.08. The minimum Gasteiger partial charge on any atom is -0.497 e. The second kappa shape index (κ2) is 5.04. The summed E-state index contributed by atoms with van der Waals surface area (Å²) in [5.41, 5.74) is 2.62. The fourth-order valence-electron chi connectivity index (χ4n) is 1.93. The van der Waals surface area contributed by atoms with E-state index in [4.69, 9.17) is 9.47 Å². The molecule has 0 amide bonds. The van der Waals surface area contributed by atoms with Crippen LogP contribution in [0.4, 0.5) is 0 Å². The SMILES string of the molecule is COC(=O)Cc1cc(C)nc2cc(OC)ccc12. The van der Waals surface area contributed by atoms with Crippen LogP contribution in [-0.4, -0.2) is 25.2 Å². The Morgan fingerprint density at radius 1 is 1.28 bits per heavy atom. The normalized spacial score (nSPS) is 10.4. The molecule has 0 aliphatic carbocycles. The van der Waals surface area contributed by atoms with Gasteiger partial charge in [0.05, 0.1) is 26.2 Å². The van der Waals surface area contributed by atoms with Crippen molar-refractivity contribution >= 4 is 16.9 Å². The summed E-state index contributed by atoms with van der Waals surface area (Å²) in [6.45, 7) is 1.90. The zero-order chi connectivity index (χ0) is 13.1. The first-order valence-corrected chi connectivity index (χ1v) is 5.65. The van der Waals surface area contributed by atoms with Crippen molar-refractivity contribution in [1.29, 1.82) is 0 Å². The third kappa shape index (κ3) is 2.42. The van der Waals surface area contributed by atoms with Gasteiger partial charge in [0.15, 0.2) is 0 Å². The predicted octanol–water partition coefficient (Wildman–Crippen LogP) is 2.27. The van der Waals surface area contributed by atoms with Crippen LogP contribution < -0.4 is 4.74 Å². The number of nitrogens with zero attached hydrogens (tertiary/aromatic N) is 1. The Balaban J connectivity index is 2.55. The number of pyridine rings is 1. The van der Waals surface area contributed by atoms with Gasteiger partial charge in [-0.1, -0.05) is 0 Å². The molecule has 1 aromatic carbocycles. The fraction of sp³-hybridized carbons (Fsp3) is 0.286. The predicted molar refractivity (Wildman–Crippen MR) is 68.8 cm³/mol. The van der Waals surface area contributed by atoms with Gasteiger partial charge >= 0.3 is 5.97 Å². The molecule has 1 heterocycles. The van der Waals surface area contributed by atoms with Gasteiger partial charge in [-0.05, 0) is 30.7 Å². The summed E-state index contributed by atoms with van der Waals surface area (Å²) in [6, 6.07) is 7.55. The molecule has 0 bridgehead atoms. The van der Waals surface area contributed by atoms with Crippen LogP contribution in [0.5, 0.6) is 5.75 Å². The van der Waals surface area contributed by atoms with Crippen LogP contribution in [0.3, 0.4) is 0 Å². The van der Waals surface area contributed by atoms with Gasteiger partial charge in [-0.3, -0.25) is 9.78 Å². The van der Waals surface area contributed by atoms with Crippen molar-refractivity contribution < 1.29 is 14.3 Å². The fourth-order valence-corrected chi connectivity index (χ4v) is 1.93. The molecule has 4 nitrogen and oxygen atoms in total. The maximum absolute atomic E-state index is 11.4. The summed E-state index contributed by atoms with van der Waals surface area (Å²) < 4.78 is 9.88. The molecule has 1 aromatic heterocycles. The van der Waals surface area contributed by atoms with E-state index < -0.39 is 0 Å². The number of ether oxygens (including phenoxy) is 2. The van der Waals surface area contributed by atoms with Crippen LogP contribution in [-0.2, 0) is 16.0 Å². The molecule has 0 atom stereocenters. The quantitative estimate of drug-likeness (QED) is 0.778. The zero-order valence-corrected chi connectivity index (χ0v) is 10.7. The Morgan fingerprint density at radius 2 is 2.06 bits per heavy atom. The number of fused-ring (bicyclic) bond motifs is 1. The molecule has 0 saturated carbocycles. The summed E-state index contributed by atoms with van der Waals surface area (Å²) in [4.78, 5) is 15.8. The highest BCUT2D eigenvalue weighted by Gasteiger charge is 2.09. The average molecular weight is 245 g/mol. The number of carbonyl (C=O) groups excluding carboxylic acids is 1. The van der Waals surface area contributed by atoms with Crippen LogP contribution in [0, 0.1) is 6.92 Å². The molecule has 0 N–H and O–H groups in total. The third-order valence-corrected chi connectivity index (χ3v) is 2.79. The number of esters is 1. The van der Waals surface area contributed by atoms with E-state index in [-0.39, 0.29) is 12.4 Å². The Bertz CT molecular complexity index is 593. The molecular weight excluding hydrogens is 230 g/mol. The van der Waals surface area contributed by atoms with Gasteiger partial charge in [0.25, 0.3) is 0 Å². The lowest BCUT2D eigenvalue weighted by atomic mass is 10.0. The lowest BCUT2D eigenvalue weighted by Crippen LogP contribution is -2.05. The van der Waals surface area contributed by atoms with Crippen LogP contribution in [0.15, 0.2) is 24.3 Å². The Morgan fingerprint density at radius 3 is 2.72 bits per heavy atom. The average Bonchev–Trinajstić information content (AvgIpc) is 2.37. The van der Waals surface area contributed by atoms with Crippen molar-refractivity contribution in [2.45, 2.75) is 13.3 Å². The smallest absolute Gasteiger partial charge is 0.310 e. The highest BCUT2D eigenvalue weighted by Crippen LogP contribution is 2.23. The molecule has 2 rings (SSSR count). The molecule has 0 unspecified atom stereocenters. The first-order valence-electron chi connectivity index (χ1n) is 5.65. The topological polar surface area (TPSA) is 48.4 Å². The number of carbonyl (C=O) groups is 1. The summed E-state index contributed by atoms with van der Waals surface area (Å²) in [7, 11) is 3.01. The van der Waals surface area contributed by atoms with Crippen molar-refractivity contribution in [1.82, 2.24) is 4.98 Å². The van der Waals surface area contributed by atoms with Gasteiger partial charge < -0.3 is 9.47 Å². The van der Waals surface area contributed by atoms with Crippen molar-refractivity contribution in [3.05, 3.63) is 35.5 Å². The zero-order valence-electron chi connectivity index (χ0n) is 10.7. The second-order valence-electron chi connectivity index (χ2n) is 4.06. The van der Waals surface area contributed by atoms with Crippen molar-refractivity contribution in [3.63, 3.8) is 0 Å². The van der Waals surface area contributed by atoms with E-state index in [1.165, 1.54) is 7.11 Å². The minimum atomic E-state index is -0.252. The monoisotopic (exact) mass is 245 g/mol. The van der Waals surface area contributed by atoms with Crippen molar-refractivity contribution in [2.75, 3.05) is 14.2 Å². The third-order valence-electron chi connectivity index (χ3n) is 2.79. The molecule has 0 spiro atoms. The van der Waals surface area contributed by atoms with E-state index in [1.54, 1.807) is 7.11 Å². The van der Waals surface area contributed by atoms with E-state index in [1.807, 2.05) is 31.2 Å². The summed E-state index contributed by atoms with van der Waals surface area (Å²) >= 11 is 0. The first kappa shape index (κ1) is 12.4. The number of rotatable bonds is 3. The van der Waals surface area contributed by atoms with Crippen LogP contribution in [0.1, 0.15) is 11.3 Å². The molecular formula is C14H15NO3. The van der Waals surface area contributed by atoms with E-state index in [9.17, 15) is 4.79 Å². The summed E-state index contributed by atoms with van der Waals surface area (Å²) in [5.74, 6) is 0.502. The van der Waals surface area contributed by atoms with Gasteiger partial charge in [-0.25, -0.2) is 0 Å². The summed E-state index contributed by atoms with van der Waals surface area (Å²) in [6.07, 6.45) is 0.253. The molecule has 0 fully saturated rings. The van der Waals surface area contributed by atoms with E-state index in [0.717, 1.165) is 27.9 Å². The lowest BCUT2D eigenvalue weighted by molar-refractivity contribution is -0.139. The number of benzene rings is 1. The van der Waals surface area contributed by atoms with Gasteiger partial charge in [-0.2, -0.15) is 0 Å². The van der Waals surface area contributed by atoms with Crippen molar-refractivity contribution in [2.24, 2.45) is 0 Å². The molecule has 0 saturated heterocycles. The van der Waals surface area contributed by atoms with E-state index >= 15 is 0 Å². The number of aryl methyl sites for hydroxylation is 1. The number of hydrogen-bond donors (Lipinski definition) is 0. The molecule has 4 heteroatoms.